The molecule has 1 aromatic rings. The van der Waals surface area contributed by atoms with E-state index in [0.29, 0.717) is 25.1 Å². The number of carbonyl (C=O) groups is 2. The van der Waals surface area contributed by atoms with Gasteiger partial charge in [-0.25, -0.2) is 0 Å². The Morgan fingerprint density at radius 2 is 2.05 bits per heavy atom. The maximum Gasteiger partial charge on any atom is 0.303 e. The van der Waals surface area contributed by atoms with Gasteiger partial charge in [-0.05, 0) is 36.5 Å². The minimum absolute atomic E-state index is 0.0384. The Labute approximate surface area is 123 Å². The van der Waals surface area contributed by atoms with Gasteiger partial charge < -0.3 is 10.0 Å². The Bertz CT molecular complexity index is 569. The topological polar surface area (TPSA) is 81.4 Å². The van der Waals surface area contributed by atoms with Gasteiger partial charge in [-0.3, -0.25) is 9.59 Å². The van der Waals surface area contributed by atoms with Crippen molar-refractivity contribution in [3.63, 3.8) is 0 Å². The molecule has 2 rings (SSSR count). The summed E-state index contributed by atoms with van der Waals surface area (Å²) >= 11 is 0. The van der Waals surface area contributed by atoms with Crippen LogP contribution in [0.2, 0.25) is 0 Å². The molecule has 1 fully saturated rings. The number of hydrogen-bond acceptors (Lipinski definition) is 3. The van der Waals surface area contributed by atoms with E-state index in [0.717, 1.165) is 18.4 Å². The molecule has 0 atom stereocenters. The quantitative estimate of drug-likeness (QED) is 0.918. The van der Waals surface area contributed by atoms with Gasteiger partial charge in [-0.1, -0.05) is 12.1 Å². The minimum Gasteiger partial charge on any atom is -0.481 e. The molecular formula is C16H18N2O3. The molecule has 1 heterocycles. The van der Waals surface area contributed by atoms with E-state index in [-0.39, 0.29) is 18.2 Å². The highest BCUT2D eigenvalue weighted by Gasteiger charge is 2.24. The Balaban J connectivity index is 1.97. The van der Waals surface area contributed by atoms with Crippen LogP contribution in [0.25, 0.3) is 0 Å². The van der Waals surface area contributed by atoms with Crippen LogP contribution < -0.4 is 0 Å². The van der Waals surface area contributed by atoms with Crippen molar-refractivity contribution in [3.05, 3.63) is 35.4 Å². The molecule has 1 amide bonds. The molecule has 0 spiro atoms. The Morgan fingerprint density at radius 3 is 2.67 bits per heavy atom. The number of aliphatic carboxylic acids is 1. The zero-order valence-electron chi connectivity index (χ0n) is 11.8. The Kier molecular flexibility index (Phi) is 4.94. The van der Waals surface area contributed by atoms with E-state index in [2.05, 4.69) is 6.07 Å². The highest BCUT2D eigenvalue weighted by Crippen LogP contribution is 2.22. The summed E-state index contributed by atoms with van der Waals surface area (Å²) in [6, 6.07) is 9.21. The molecule has 1 aromatic carbocycles. The van der Waals surface area contributed by atoms with Crippen LogP contribution in [0.5, 0.6) is 0 Å². The molecular weight excluding hydrogens is 268 g/mol. The summed E-state index contributed by atoms with van der Waals surface area (Å²) in [5, 5.41) is 17.5. The lowest BCUT2D eigenvalue weighted by atomic mass is 9.93. The first kappa shape index (κ1) is 15.0. The first-order valence-corrected chi connectivity index (χ1v) is 7.07. The van der Waals surface area contributed by atoms with Crippen LogP contribution in [0.1, 0.15) is 35.2 Å². The minimum atomic E-state index is -0.774. The van der Waals surface area contributed by atoms with Crippen molar-refractivity contribution in [2.45, 2.75) is 25.7 Å². The average Bonchev–Trinajstić information content (AvgIpc) is 2.47. The van der Waals surface area contributed by atoms with Gasteiger partial charge in [-0.2, -0.15) is 5.26 Å². The Hall–Kier alpha value is -2.35. The molecule has 21 heavy (non-hydrogen) atoms. The summed E-state index contributed by atoms with van der Waals surface area (Å²) in [5.41, 5.74) is 1.43. The summed E-state index contributed by atoms with van der Waals surface area (Å²) in [4.78, 5) is 24.9. The molecule has 5 nitrogen and oxygen atoms in total. The van der Waals surface area contributed by atoms with Crippen molar-refractivity contribution >= 4 is 11.9 Å². The van der Waals surface area contributed by atoms with E-state index in [1.807, 2.05) is 6.07 Å². The second-order valence-electron chi connectivity index (χ2n) is 5.37. The number of hydrogen-bond donors (Lipinski definition) is 1. The molecule has 0 aromatic heterocycles. The van der Waals surface area contributed by atoms with Crippen LogP contribution in [-0.4, -0.2) is 35.0 Å². The predicted octanol–water partition coefficient (Wildman–Crippen LogP) is 2.08. The number of carboxylic acid groups (broad SMARTS) is 1. The van der Waals surface area contributed by atoms with Gasteiger partial charge in [0.05, 0.1) is 12.5 Å². The van der Waals surface area contributed by atoms with Gasteiger partial charge in [0, 0.05) is 25.1 Å². The van der Waals surface area contributed by atoms with Gasteiger partial charge in [0.2, 0.25) is 0 Å². The normalized spacial score (nSPS) is 15.5. The lowest BCUT2D eigenvalue weighted by molar-refractivity contribution is -0.138. The highest BCUT2D eigenvalue weighted by atomic mass is 16.4. The maximum atomic E-state index is 12.4. The highest BCUT2D eigenvalue weighted by molar-refractivity contribution is 5.94. The smallest absolute Gasteiger partial charge is 0.303 e. The molecule has 110 valence electrons. The summed E-state index contributed by atoms with van der Waals surface area (Å²) in [6.07, 6.45) is 1.94. The number of piperidine rings is 1. The molecule has 5 heteroatoms. The average molecular weight is 286 g/mol. The van der Waals surface area contributed by atoms with Gasteiger partial charge in [0.25, 0.3) is 5.91 Å². The summed E-state index contributed by atoms with van der Waals surface area (Å²) in [5.74, 6) is -0.649. The van der Waals surface area contributed by atoms with Crippen molar-refractivity contribution in [3.8, 4) is 6.07 Å². The molecule has 1 aliphatic rings. The molecule has 0 aliphatic carbocycles. The second kappa shape index (κ2) is 6.89. The van der Waals surface area contributed by atoms with Gasteiger partial charge in [0.1, 0.15) is 0 Å². The fourth-order valence-electron chi connectivity index (χ4n) is 2.68. The Morgan fingerprint density at radius 1 is 1.33 bits per heavy atom. The van der Waals surface area contributed by atoms with Crippen molar-refractivity contribution < 1.29 is 14.7 Å². The van der Waals surface area contributed by atoms with Crippen LogP contribution >= 0.6 is 0 Å². The molecule has 0 saturated carbocycles. The van der Waals surface area contributed by atoms with Crippen LogP contribution in [0, 0.1) is 17.2 Å². The molecule has 0 radical (unpaired) electrons. The lowest BCUT2D eigenvalue weighted by Gasteiger charge is -2.31. The monoisotopic (exact) mass is 286 g/mol. The molecule has 1 aliphatic heterocycles. The molecule has 1 saturated heterocycles. The summed E-state index contributed by atoms with van der Waals surface area (Å²) in [7, 11) is 0. The largest absolute Gasteiger partial charge is 0.481 e. The van der Waals surface area contributed by atoms with E-state index in [1.165, 1.54) is 0 Å². The molecule has 1 N–H and O–H groups in total. The SMILES string of the molecule is N#CCc1cccc(C(=O)N2CCC(CC(=O)O)CC2)c1. The van der Waals surface area contributed by atoms with E-state index in [4.69, 9.17) is 10.4 Å². The van der Waals surface area contributed by atoms with Gasteiger partial charge in [0.15, 0.2) is 0 Å². The van der Waals surface area contributed by atoms with Crippen LogP contribution in [0.15, 0.2) is 24.3 Å². The lowest BCUT2D eigenvalue weighted by Crippen LogP contribution is -2.38. The molecule has 0 bridgehead atoms. The van der Waals surface area contributed by atoms with Gasteiger partial charge in [-0.15, -0.1) is 0 Å². The van der Waals surface area contributed by atoms with E-state index in [1.54, 1.807) is 23.1 Å². The number of nitrogens with zero attached hydrogens (tertiary/aromatic N) is 2. The third-order valence-electron chi connectivity index (χ3n) is 3.82. The fourth-order valence-corrected chi connectivity index (χ4v) is 2.68. The molecule has 0 unspecified atom stereocenters. The number of carbonyl (C=O) groups excluding carboxylic acids is 1. The third kappa shape index (κ3) is 4.06. The number of likely N-dealkylation sites (tertiary alicyclic amines) is 1. The van der Waals surface area contributed by atoms with E-state index in [9.17, 15) is 9.59 Å². The van der Waals surface area contributed by atoms with Crippen molar-refractivity contribution in [2.24, 2.45) is 5.92 Å². The van der Waals surface area contributed by atoms with Crippen molar-refractivity contribution in [1.82, 2.24) is 4.90 Å². The van der Waals surface area contributed by atoms with Crippen LogP contribution in [0.4, 0.5) is 0 Å². The summed E-state index contributed by atoms with van der Waals surface area (Å²) < 4.78 is 0. The predicted molar refractivity (Wildman–Crippen MR) is 76.6 cm³/mol. The summed E-state index contributed by atoms with van der Waals surface area (Å²) in [6.45, 7) is 1.19. The van der Waals surface area contributed by atoms with Gasteiger partial charge >= 0.3 is 5.97 Å². The van der Waals surface area contributed by atoms with Crippen LogP contribution in [-0.2, 0) is 11.2 Å². The first-order valence-electron chi connectivity index (χ1n) is 7.07. The van der Waals surface area contributed by atoms with Crippen molar-refractivity contribution in [2.75, 3.05) is 13.1 Å². The fraction of sp³-hybridized carbons (Fsp3) is 0.438. The third-order valence-corrected chi connectivity index (χ3v) is 3.82. The van der Waals surface area contributed by atoms with Crippen molar-refractivity contribution in [1.29, 1.82) is 5.26 Å². The number of amides is 1. The van der Waals surface area contributed by atoms with Crippen LogP contribution in [0.3, 0.4) is 0 Å². The zero-order chi connectivity index (χ0) is 15.2. The number of nitriles is 1. The first-order chi connectivity index (χ1) is 10.1. The standard InChI is InChI=1S/C16H18N2O3/c17-7-4-12-2-1-3-14(10-12)16(21)18-8-5-13(6-9-18)11-15(19)20/h1-3,10,13H,4-6,8-9,11H2,(H,19,20). The number of rotatable bonds is 4. The number of carboxylic acids is 1. The number of benzene rings is 1. The van der Waals surface area contributed by atoms with E-state index >= 15 is 0 Å². The van der Waals surface area contributed by atoms with E-state index < -0.39 is 5.97 Å². The zero-order valence-corrected chi connectivity index (χ0v) is 11.8. The maximum absolute atomic E-state index is 12.4. The second-order valence-corrected chi connectivity index (χ2v) is 5.37.